The number of nitro groups is 1. The molecule has 3 atom stereocenters. The van der Waals surface area contributed by atoms with E-state index < -0.39 is 0 Å². The molecule has 0 saturated heterocycles. The van der Waals surface area contributed by atoms with E-state index in [0.29, 0.717) is 6.04 Å². The average Bonchev–Trinajstić information content (AvgIpc) is 3.21. The van der Waals surface area contributed by atoms with Crippen LogP contribution in [-0.2, 0) is 6.42 Å². The highest BCUT2D eigenvalue weighted by Crippen LogP contribution is 2.57. The molecule has 3 unspecified atom stereocenters. The molecule has 0 bridgehead atoms. The van der Waals surface area contributed by atoms with Gasteiger partial charge in [0.1, 0.15) is 0 Å². The molecule has 1 aromatic rings. The van der Waals surface area contributed by atoms with Gasteiger partial charge in [0, 0.05) is 18.2 Å². The minimum absolute atomic E-state index is 0.179. The van der Waals surface area contributed by atoms with E-state index in [4.69, 9.17) is 0 Å². The van der Waals surface area contributed by atoms with Crippen LogP contribution in [-0.4, -0.2) is 17.5 Å². The Bertz CT molecular complexity index is 488. The highest BCUT2D eigenvalue weighted by molar-refractivity contribution is 5.33. The Kier molecular flexibility index (Phi) is 4.24. The molecule has 4 nitrogen and oxygen atoms in total. The highest BCUT2D eigenvalue weighted by atomic mass is 16.6. The molecule has 0 aromatic heterocycles. The fourth-order valence-corrected chi connectivity index (χ4v) is 4.26. The van der Waals surface area contributed by atoms with Crippen LogP contribution >= 0.6 is 0 Å². The summed E-state index contributed by atoms with van der Waals surface area (Å²) in [5.74, 6) is 2.68. The molecule has 4 heteroatoms. The molecule has 2 fully saturated rings. The molecule has 21 heavy (non-hydrogen) atoms. The Balaban J connectivity index is 1.66. The number of non-ortho nitro benzene ring substituents is 1. The SMILES string of the molecule is CCNC(Cc1ccc([N+](=O)[O-])cc1)C1C2CCCCC21. The van der Waals surface area contributed by atoms with Gasteiger partial charge >= 0.3 is 0 Å². The van der Waals surface area contributed by atoms with Gasteiger partial charge in [0.2, 0.25) is 0 Å². The molecule has 0 amide bonds. The van der Waals surface area contributed by atoms with Crippen molar-refractivity contribution < 1.29 is 4.92 Å². The van der Waals surface area contributed by atoms with Gasteiger partial charge in [-0.3, -0.25) is 10.1 Å². The molecule has 0 radical (unpaired) electrons. The number of hydrogen-bond donors (Lipinski definition) is 1. The number of nitro benzene ring substituents is 1. The van der Waals surface area contributed by atoms with E-state index in [-0.39, 0.29) is 10.6 Å². The fraction of sp³-hybridized carbons (Fsp3) is 0.647. The second-order valence-electron chi connectivity index (χ2n) is 6.48. The zero-order chi connectivity index (χ0) is 14.8. The van der Waals surface area contributed by atoms with Crippen molar-refractivity contribution in [2.45, 2.75) is 45.1 Å². The predicted octanol–water partition coefficient (Wildman–Crippen LogP) is 3.55. The lowest BCUT2D eigenvalue weighted by Crippen LogP contribution is -2.34. The number of nitrogens with zero attached hydrogens (tertiary/aromatic N) is 1. The van der Waals surface area contributed by atoms with Gasteiger partial charge in [-0.25, -0.2) is 0 Å². The smallest absolute Gasteiger partial charge is 0.269 e. The van der Waals surface area contributed by atoms with E-state index in [1.54, 1.807) is 12.1 Å². The summed E-state index contributed by atoms with van der Waals surface area (Å²) in [4.78, 5) is 10.4. The lowest BCUT2D eigenvalue weighted by Gasteiger charge is -2.18. The zero-order valence-electron chi connectivity index (χ0n) is 12.6. The van der Waals surface area contributed by atoms with Crippen LogP contribution < -0.4 is 5.32 Å². The minimum Gasteiger partial charge on any atom is -0.314 e. The molecule has 2 saturated carbocycles. The summed E-state index contributed by atoms with van der Waals surface area (Å²) >= 11 is 0. The van der Waals surface area contributed by atoms with Crippen molar-refractivity contribution in [3.8, 4) is 0 Å². The summed E-state index contributed by atoms with van der Waals surface area (Å²) in [5.41, 5.74) is 1.38. The quantitative estimate of drug-likeness (QED) is 0.643. The summed E-state index contributed by atoms with van der Waals surface area (Å²) < 4.78 is 0. The number of hydrogen-bond acceptors (Lipinski definition) is 3. The molecule has 0 heterocycles. The Morgan fingerprint density at radius 2 is 1.86 bits per heavy atom. The molecule has 3 rings (SSSR count). The van der Waals surface area contributed by atoms with Crippen molar-refractivity contribution in [1.82, 2.24) is 5.32 Å². The van der Waals surface area contributed by atoms with Crippen LogP contribution in [0.4, 0.5) is 5.69 Å². The summed E-state index contributed by atoms with van der Waals surface area (Å²) in [6.07, 6.45) is 6.58. The van der Waals surface area contributed by atoms with E-state index in [0.717, 1.165) is 30.7 Å². The molecule has 2 aliphatic rings. The van der Waals surface area contributed by atoms with Gasteiger partial charge in [-0.15, -0.1) is 0 Å². The molecule has 2 aliphatic carbocycles. The lowest BCUT2D eigenvalue weighted by atomic mass is 9.99. The van der Waals surface area contributed by atoms with Crippen LogP contribution in [0.2, 0.25) is 0 Å². The summed E-state index contributed by atoms with van der Waals surface area (Å²) in [5, 5.41) is 14.4. The normalized spacial score (nSPS) is 28.7. The van der Waals surface area contributed by atoms with Crippen LogP contribution in [0.25, 0.3) is 0 Å². The fourth-order valence-electron chi connectivity index (χ4n) is 4.26. The first-order valence-corrected chi connectivity index (χ1v) is 8.17. The van der Waals surface area contributed by atoms with E-state index in [1.807, 2.05) is 12.1 Å². The third-order valence-corrected chi connectivity index (χ3v) is 5.26. The summed E-state index contributed by atoms with van der Waals surface area (Å²) in [6, 6.07) is 7.60. The maximum Gasteiger partial charge on any atom is 0.269 e. The molecule has 1 aromatic carbocycles. The second-order valence-corrected chi connectivity index (χ2v) is 6.48. The van der Waals surface area contributed by atoms with Gasteiger partial charge in [-0.1, -0.05) is 31.9 Å². The lowest BCUT2D eigenvalue weighted by molar-refractivity contribution is -0.384. The molecular weight excluding hydrogens is 264 g/mol. The van der Waals surface area contributed by atoms with Gasteiger partial charge in [-0.05, 0) is 49.1 Å². The third kappa shape index (κ3) is 3.10. The number of likely N-dealkylation sites (N-methyl/N-ethyl adjacent to an activating group) is 1. The van der Waals surface area contributed by atoms with E-state index >= 15 is 0 Å². The Morgan fingerprint density at radius 1 is 1.24 bits per heavy atom. The van der Waals surface area contributed by atoms with Crippen LogP contribution in [0, 0.1) is 27.9 Å². The van der Waals surface area contributed by atoms with Crippen LogP contribution in [0.5, 0.6) is 0 Å². The maximum atomic E-state index is 10.7. The van der Waals surface area contributed by atoms with Gasteiger partial charge in [0.15, 0.2) is 0 Å². The number of rotatable bonds is 6. The van der Waals surface area contributed by atoms with Crippen LogP contribution in [0.1, 0.15) is 38.2 Å². The van der Waals surface area contributed by atoms with Gasteiger partial charge in [0.25, 0.3) is 5.69 Å². The first-order valence-electron chi connectivity index (χ1n) is 8.17. The second kappa shape index (κ2) is 6.14. The standard InChI is InChI=1S/C17H24N2O2/c1-2-18-16(17-14-5-3-4-6-15(14)17)11-12-7-9-13(10-8-12)19(20)21/h7-10,14-18H,2-6,11H2,1H3. The third-order valence-electron chi connectivity index (χ3n) is 5.26. The number of nitrogens with one attached hydrogen (secondary N) is 1. The van der Waals surface area contributed by atoms with Gasteiger partial charge in [0.05, 0.1) is 4.92 Å². The first kappa shape index (κ1) is 14.5. The first-order chi connectivity index (χ1) is 10.2. The van der Waals surface area contributed by atoms with E-state index in [1.165, 1.54) is 31.2 Å². The maximum absolute atomic E-state index is 10.7. The van der Waals surface area contributed by atoms with Crippen molar-refractivity contribution in [3.63, 3.8) is 0 Å². The van der Waals surface area contributed by atoms with Crippen LogP contribution in [0.3, 0.4) is 0 Å². The number of fused-ring (bicyclic) bond motifs is 1. The summed E-state index contributed by atoms with van der Waals surface area (Å²) in [7, 11) is 0. The molecule has 114 valence electrons. The number of benzene rings is 1. The Morgan fingerprint density at radius 3 is 2.38 bits per heavy atom. The molecule has 0 spiro atoms. The van der Waals surface area contributed by atoms with Crippen molar-refractivity contribution in [3.05, 3.63) is 39.9 Å². The monoisotopic (exact) mass is 288 g/mol. The van der Waals surface area contributed by atoms with E-state index in [9.17, 15) is 10.1 Å². The van der Waals surface area contributed by atoms with Crippen molar-refractivity contribution in [2.24, 2.45) is 17.8 Å². The van der Waals surface area contributed by atoms with Crippen LogP contribution in [0.15, 0.2) is 24.3 Å². The zero-order valence-corrected chi connectivity index (χ0v) is 12.6. The summed E-state index contributed by atoms with van der Waals surface area (Å²) in [6.45, 7) is 3.16. The Labute approximate surface area is 126 Å². The van der Waals surface area contributed by atoms with Crippen molar-refractivity contribution in [1.29, 1.82) is 0 Å². The topological polar surface area (TPSA) is 55.2 Å². The largest absolute Gasteiger partial charge is 0.314 e. The molecule has 0 aliphatic heterocycles. The molecule has 1 N–H and O–H groups in total. The van der Waals surface area contributed by atoms with Crippen molar-refractivity contribution >= 4 is 5.69 Å². The average molecular weight is 288 g/mol. The Hall–Kier alpha value is -1.42. The highest BCUT2D eigenvalue weighted by Gasteiger charge is 2.53. The van der Waals surface area contributed by atoms with Gasteiger partial charge < -0.3 is 5.32 Å². The van der Waals surface area contributed by atoms with Gasteiger partial charge in [-0.2, -0.15) is 0 Å². The van der Waals surface area contributed by atoms with Crippen molar-refractivity contribution in [2.75, 3.05) is 6.54 Å². The van der Waals surface area contributed by atoms with E-state index in [2.05, 4.69) is 12.2 Å². The predicted molar refractivity (Wildman–Crippen MR) is 83.2 cm³/mol. The minimum atomic E-state index is -0.332. The molecular formula is C17H24N2O2.